The maximum Gasteiger partial charge on any atom is 0.238 e. The number of nitriles is 1. The van der Waals surface area contributed by atoms with Crippen molar-refractivity contribution in [3.05, 3.63) is 0 Å². The number of nitrogens with zero attached hydrogens (tertiary/aromatic N) is 1. The van der Waals surface area contributed by atoms with Gasteiger partial charge in [0.15, 0.2) is 0 Å². The van der Waals surface area contributed by atoms with Gasteiger partial charge in [-0.3, -0.25) is 4.79 Å². The van der Waals surface area contributed by atoms with Crippen LogP contribution < -0.4 is 5.32 Å². The summed E-state index contributed by atoms with van der Waals surface area (Å²) in [5.41, 5.74) is 0. The van der Waals surface area contributed by atoms with E-state index in [-0.39, 0.29) is 11.8 Å². The van der Waals surface area contributed by atoms with Gasteiger partial charge in [0.25, 0.3) is 0 Å². The lowest BCUT2D eigenvalue weighted by Crippen LogP contribution is -2.40. The zero-order valence-electron chi connectivity index (χ0n) is 7.47. The molecule has 0 fully saturated rings. The number of carbonyl (C=O) groups is 1. The second-order valence-corrected chi connectivity index (χ2v) is 3.63. The predicted molar refractivity (Wildman–Crippen MR) is 47.7 cm³/mol. The average Bonchev–Trinajstić information content (AvgIpc) is 1.98. The van der Waals surface area contributed by atoms with Crippen LogP contribution >= 0.6 is 11.6 Å². The second-order valence-electron chi connectivity index (χ2n) is 2.98. The van der Waals surface area contributed by atoms with Crippen molar-refractivity contribution in [2.75, 3.05) is 0 Å². The SMILES string of the molecule is CC(Cl)C(=O)N[C@H](C#N)C(C)C. The van der Waals surface area contributed by atoms with Crippen LogP contribution in [0, 0.1) is 17.2 Å². The third-order valence-electron chi connectivity index (χ3n) is 1.46. The quantitative estimate of drug-likeness (QED) is 0.679. The molecule has 0 aliphatic carbocycles. The van der Waals surface area contributed by atoms with Gasteiger partial charge in [0, 0.05) is 0 Å². The first-order valence-electron chi connectivity index (χ1n) is 3.83. The molecule has 1 unspecified atom stereocenters. The van der Waals surface area contributed by atoms with E-state index in [1.807, 2.05) is 19.9 Å². The van der Waals surface area contributed by atoms with E-state index in [2.05, 4.69) is 5.32 Å². The summed E-state index contributed by atoms with van der Waals surface area (Å²) >= 11 is 5.51. The van der Waals surface area contributed by atoms with Crippen molar-refractivity contribution in [1.29, 1.82) is 5.26 Å². The fourth-order valence-electron chi connectivity index (χ4n) is 0.616. The molecule has 0 saturated carbocycles. The van der Waals surface area contributed by atoms with Crippen LogP contribution in [0.4, 0.5) is 0 Å². The minimum absolute atomic E-state index is 0.106. The van der Waals surface area contributed by atoms with Gasteiger partial charge in [-0.25, -0.2) is 0 Å². The fourth-order valence-corrected chi connectivity index (χ4v) is 0.679. The molecule has 3 nitrogen and oxygen atoms in total. The zero-order valence-corrected chi connectivity index (χ0v) is 8.22. The lowest BCUT2D eigenvalue weighted by molar-refractivity contribution is -0.121. The number of amides is 1. The first-order chi connectivity index (χ1) is 5.49. The molecule has 0 radical (unpaired) electrons. The molecule has 0 rings (SSSR count). The van der Waals surface area contributed by atoms with E-state index < -0.39 is 11.4 Å². The van der Waals surface area contributed by atoms with E-state index in [1.54, 1.807) is 6.92 Å². The Hall–Kier alpha value is -0.750. The summed E-state index contributed by atoms with van der Waals surface area (Å²) in [6.07, 6.45) is 0. The molecule has 12 heavy (non-hydrogen) atoms. The summed E-state index contributed by atoms with van der Waals surface area (Å²) in [4.78, 5) is 11.0. The summed E-state index contributed by atoms with van der Waals surface area (Å²) in [6, 6.07) is 1.55. The van der Waals surface area contributed by atoms with E-state index in [0.29, 0.717) is 0 Å². The molecule has 0 bridgehead atoms. The number of rotatable bonds is 3. The number of alkyl halides is 1. The molecular formula is C8H13ClN2O. The topological polar surface area (TPSA) is 52.9 Å². The summed E-state index contributed by atoms with van der Waals surface area (Å²) in [7, 11) is 0. The van der Waals surface area contributed by atoms with Crippen molar-refractivity contribution in [3.8, 4) is 6.07 Å². The normalized spacial score (nSPS) is 15.0. The van der Waals surface area contributed by atoms with E-state index in [4.69, 9.17) is 16.9 Å². The third kappa shape index (κ3) is 3.59. The number of carbonyl (C=O) groups excluding carboxylic acids is 1. The van der Waals surface area contributed by atoms with E-state index in [1.165, 1.54) is 0 Å². The third-order valence-corrected chi connectivity index (χ3v) is 1.66. The smallest absolute Gasteiger partial charge is 0.238 e. The molecule has 68 valence electrons. The molecule has 0 aliphatic rings. The molecule has 1 amide bonds. The first kappa shape index (κ1) is 11.2. The van der Waals surface area contributed by atoms with Gasteiger partial charge in [-0.15, -0.1) is 11.6 Å². The maximum absolute atomic E-state index is 11.0. The van der Waals surface area contributed by atoms with Gasteiger partial charge >= 0.3 is 0 Å². The molecule has 2 atom stereocenters. The highest BCUT2D eigenvalue weighted by Gasteiger charge is 2.17. The van der Waals surface area contributed by atoms with Crippen molar-refractivity contribution < 1.29 is 4.79 Å². The van der Waals surface area contributed by atoms with E-state index >= 15 is 0 Å². The van der Waals surface area contributed by atoms with Crippen molar-refractivity contribution in [2.45, 2.75) is 32.2 Å². The lowest BCUT2D eigenvalue weighted by Gasteiger charge is -2.15. The standard InChI is InChI=1S/C8H13ClN2O/c1-5(2)7(4-10)11-8(12)6(3)9/h5-7H,1-3H3,(H,11,12)/t6?,7-/m1/s1. The number of halogens is 1. The fraction of sp³-hybridized carbons (Fsp3) is 0.750. The van der Waals surface area contributed by atoms with Crippen LogP contribution in [0.2, 0.25) is 0 Å². The maximum atomic E-state index is 11.0. The average molecular weight is 189 g/mol. The summed E-state index contributed by atoms with van der Waals surface area (Å²) < 4.78 is 0. The first-order valence-corrected chi connectivity index (χ1v) is 4.26. The number of nitrogens with one attached hydrogen (secondary N) is 1. The molecular weight excluding hydrogens is 176 g/mol. The van der Waals surface area contributed by atoms with Gasteiger partial charge in [0.2, 0.25) is 5.91 Å². The minimum Gasteiger partial charge on any atom is -0.339 e. The molecule has 0 saturated heterocycles. The molecule has 4 heteroatoms. The highest BCUT2D eigenvalue weighted by Crippen LogP contribution is 2.01. The van der Waals surface area contributed by atoms with Crippen molar-refractivity contribution in [3.63, 3.8) is 0 Å². The van der Waals surface area contributed by atoms with Gasteiger partial charge in [-0.2, -0.15) is 5.26 Å². The van der Waals surface area contributed by atoms with Crippen LogP contribution in [-0.2, 0) is 4.79 Å². The Bertz CT molecular complexity index is 196. The Balaban J connectivity index is 4.06. The van der Waals surface area contributed by atoms with Crippen molar-refractivity contribution in [2.24, 2.45) is 5.92 Å². The van der Waals surface area contributed by atoms with Crippen LogP contribution in [0.3, 0.4) is 0 Å². The Kier molecular flexibility index (Phi) is 4.68. The van der Waals surface area contributed by atoms with Gasteiger partial charge in [-0.05, 0) is 12.8 Å². The van der Waals surface area contributed by atoms with Crippen LogP contribution in [0.15, 0.2) is 0 Å². The number of hydrogen-bond acceptors (Lipinski definition) is 2. The van der Waals surface area contributed by atoms with Crippen LogP contribution in [0.1, 0.15) is 20.8 Å². The summed E-state index contributed by atoms with van der Waals surface area (Å²) in [6.45, 7) is 5.31. The highest BCUT2D eigenvalue weighted by atomic mass is 35.5. The van der Waals surface area contributed by atoms with Crippen LogP contribution in [0.5, 0.6) is 0 Å². The Morgan fingerprint density at radius 3 is 2.25 bits per heavy atom. The van der Waals surface area contributed by atoms with Crippen LogP contribution in [0.25, 0.3) is 0 Å². The number of hydrogen-bond donors (Lipinski definition) is 1. The molecule has 1 N–H and O–H groups in total. The summed E-state index contributed by atoms with van der Waals surface area (Å²) in [5.74, 6) is -0.189. The molecule has 0 spiro atoms. The lowest BCUT2D eigenvalue weighted by atomic mass is 10.1. The summed E-state index contributed by atoms with van der Waals surface area (Å²) in [5, 5.41) is 10.6. The Morgan fingerprint density at radius 1 is 1.50 bits per heavy atom. The van der Waals surface area contributed by atoms with E-state index in [9.17, 15) is 4.79 Å². The largest absolute Gasteiger partial charge is 0.339 e. The minimum atomic E-state index is -0.584. The second kappa shape index (κ2) is 5.00. The Morgan fingerprint density at radius 2 is 2.00 bits per heavy atom. The van der Waals surface area contributed by atoms with Gasteiger partial charge < -0.3 is 5.32 Å². The molecule has 0 aromatic carbocycles. The molecule has 0 aliphatic heterocycles. The monoisotopic (exact) mass is 188 g/mol. The predicted octanol–water partition coefficient (Wildman–Crippen LogP) is 1.28. The Labute approximate surface area is 77.7 Å². The molecule has 0 aromatic heterocycles. The van der Waals surface area contributed by atoms with Gasteiger partial charge in [-0.1, -0.05) is 13.8 Å². The van der Waals surface area contributed by atoms with Gasteiger partial charge in [0.05, 0.1) is 6.07 Å². The van der Waals surface area contributed by atoms with E-state index in [0.717, 1.165) is 0 Å². The molecule has 0 heterocycles. The zero-order chi connectivity index (χ0) is 9.72. The van der Waals surface area contributed by atoms with Gasteiger partial charge in [0.1, 0.15) is 11.4 Å². The van der Waals surface area contributed by atoms with Crippen LogP contribution in [-0.4, -0.2) is 17.3 Å². The van der Waals surface area contributed by atoms with Crippen molar-refractivity contribution >= 4 is 17.5 Å². The van der Waals surface area contributed by atoms with Crippen molar-refractivity contribution in [1.82, 2.24) is 5.32 Å². The highest BCUT2D eigenvalue weighted by molar-refractivity contribution is 6.30. The molecule has 0 aromatic rings.